The van der Waals surface area contributed by atoms with E-state index in [0.29, 0.717) is 9.23 Å². The third-order valence-corrected chi connectivity index (χ3v) is 5.84. The number of para-hydroxylation sites is 2. The summed E-state index contributed by atoms with van der Waals surface area (Å²) in [6, 6.07) is 17.8. The van der Waals surface area contributed by atoms with Gasteiger partial charge in [0.1, 0.15) is 0 Å². The summed E-state index contributed by atoms with van der Waals surface area (Å²) < 4.78 is 0.563. The summed E-state index contributed by atoms with van der Waals surface area (Å²) in [6.07, 6.45) is 8.04. The third kappa shape index (κ3) is 3.36. The van der Waals surface area contributed by atoms with Crippen LogP contribution < -0.4 is 9.80 Å². The van der Waals surface area contributed by atoms with Crippen LogP contribution >= 0.6 is 24.0 Å². The molecule has 1 amide bonds. The van der Waals surface area contributed by atoms with E-state index in [4.69, 9.17) is 12.2 Å². The van der Waals surface area contributed by atoms with Crippen LogP contribution in [0.25, 0.3) is 5.57 Å². The van der Waals surface area contributed by atoms with Crippen molar-refractivity contribution in [2.75, 3.05) is 16.3 Å². The van der Waals surface area contributed by atoms with E-state index in [9.17, 15) is 4.79 Å². The molecule has 27 heavy (non-hydrogen) atoms. The van der Waals surface area contributed by atoms with Crippen LogP contribution in [0.1, 0.15) is 12.5 Å². The average Bonchev–Trinajstić information content (AvgIpc) is 3.00. The van der Waals surface area contributed by atoms with E-state index in [1.807, 2.05) is 54.6 Å². The topological polar surface area (TPSA) is 23.6 Å². The van der Waals surface area contributed by atoms with Gasteiger partial charge in [-0.2, -0.15) is 0 Å². The largest absolute Gasteiger partial charge is 0.348 e. The van der Waals surface area contributed by atoms with Gasteiger partial charge < -0.3 is 4.90 Å². The Morgan fingerprint density at radius 2 is 1.78 bits per heavy atom. The van der Waals surface area contributed by atoms with Gasteiger partial charge in [0.25, 0.3) is 5.91 Å². The Morgan fingerprint density at radius 1 is 1.04 bits per heavy atom. The lowest BCUT2D eigenvalue weighted by Gasteiger charge is -2.26. The molecule has 0 unspecified atom stereocenters. The van der Waals surface area contributed by atoms with Gasteiger partial charge >= 0.3 is 0 Å². The zero-order chi connectivity index (χ0) is 18.8. The van der Waals surface area contributed by atoms with Gasteiger partial charge in [-0.3, -0.25) is 9.69 Å². The highest BCUT2D eigenvalue weighted by Gasteiger charge is 2.32. The summed E-state index contributed by atoms with van der Waals surface area (Å²) in [5.41, 5.74) is 4.23. The van der Waals surface area contributed by atoms with Crippen LogP contribution in [0.2, 0.25) is 0 Å². The molecule has 1 saturated heterocycles. The van der Waals surface area contributed by atoms with Crippen molar-refractivity contribution in [3.05, 3.63) is 89.5 Å². The minimum atomic E-state index is -0.0729. The van der Waals surface area contributed by atoms with E-state index in [1.165, 1.54) is 17.4 Å². The molecule has 0 radical (unpaired) electrons. The van der Waals surface area contributed by atoms with Gasteiger partial charge in [0.15, 0.2) is 4.32 Å². The quantitative estimate of drug-likeness (QED) is 0.519. The number of allylic oxidation sites excluding steroid dienone is 4. The van der Waals surface area contributed by atoms with Crippen molar-refractivity contribution in [3.8, 4) is 0 Å². The Bertz CT molecular complexity index is 992. The number of amides is 1. The smallest absolute Gasteiger partial charge is 0.270 e. The Labute approximate surface area is 168 Å². The summed E-state index contributed by atoms with van der Waals surface area (Å²) in [5, 5.41) is 0. The second-order valence-corrected chi connectivity index (χ2v) is 7.79. The summed E-state index contributed by atoms with van der Waals surface area (Å²) >= 11 is 6.77. The number of fused-ring (bicyclic) bond motifs is 1. The van der Waals surface area contributed by atoms with Crippen LogP contribution in [0.3, 0.4) is 0 Å². The number of carbonyl (C=O) groups is 1. The molecule has 3 nitrogen and oxygen atoms in total. The number of nitrogens with zero attached hydrogens (tertiary/aromatic N) is 2. The Balaban J connectivity index is 1.65. The molecule has 2 aliphatic rings. The van der Waals surface area contributed by atoms with Gasteiger partial charge in [-0.15, -0.1) is 0 Å². The lowest BCUT2D eigenvalue weighted by Crippen LogP contribution is -2.27. The highest BCUT2D eigenvalue weighted by molar-refractivity contribution is 8.27. The number of rotatable bonds is 3. The summed E-state index contributed by atoms with van der Waals surface area (Å²) in [5.74, 6) is -0.0729. The molecule has 2 heterocycles. The summed E-state index contributed by atoms with van der Waals surface area (Å²) in [7, 11) is 0. The van der Waals surface area contributed by atoms with Crippen molar-refractivity contribution < 1.29 is 4.79 Å². The lowest BCUT2D eigenvalue weighted by molar-refractivity contribution is -0.113. The van der Waals surface area contributed by atoms with Crippen LogP contribution in [0.15, 0.2) is 83.9 Å². The molecule has 0 saturated carbocycles. The van der Waals surface area contributed by atoms with Gasteiger partial charge in [-0.1, -0.05) is 66.5 Å². The van der Waals surface area contributed by atoms with Gasteiger partial charge in [-0.05, 0) is 42.8 Å². The van der Waals surface area contributed by atoms with Crippen LogP contribution in [-0.2, 0) is 4.79 Å². The number of benzene rings is 2. The minimum absolute atomic E-state index is 0.0729. The maximum absolute atomic E-state index is 12.8. The third-order valence-electron chi connectivity index (χ3n) is 4.52. The second-order valence-electron chi connectivity index (χ2n) is 6.12. The first kappa shape index (κ1) is 17.8. The molecule has 0 aliphatic carbocycles. The standard InChI is InChI=1S/C22H18N2OS2/c1-2-23-15-14-16(18-10-6-7-11-19(18)23)12-13-20-21(25)24(22(26)27-20)17-8-4-3-5-9-17/h3-15H,2H2,1H3. The molecule has 1 fully saturated rings. The number of hydrogen-bond donors (Lipinski definition) is 0. The zero-order valence-corrected chi connectivity index (χ0v) is 16.5. The fourth-order valence-electron chi connectivity index (χ4n) is 3.18. The SMILES string of the molecule is CCN1C=CC(=CC=C2SC(=S)N(c3ccccc3)C2=O)c2ccccc21. The number of carbonyl (C=O) groups excluding carboxylic acids is 1. The van der Waals surface area contributed by atoms with E-state index in [0.717, 1.165) is 23.4 Å². The molecule has 0 aromatic heterocycles. The number of thioether (sulfide) groups is 1. The van der Waals surface area contributed by atoms with Gasteiger partial charge in [0.05, 0.1) is 10.6 Å². The number of anilines is 2. The lowest BCUT2D eigenvalue weighted by atomic mass is 9.99. The molecular weight excluding hydrogens is 372 g/mol. The van der Waals surface area contributed by atoms with Crippen LogP contribution in [0.4, 0.5) is 11.4 Å². The molecule has 2 aliphatic heterocycles. The monoisotopic (exact) mass is 390 g/mol. The molecule has 0 spiro atoms. The first-order valence-corrected chi connectivity index (χ1v) is 9.99. The molecule has 0 atom stereocenters. The Hall–Kier alpha value is -2.63. The molecule has 134 valence electrons. The van der Waals surface area contributed by atoms with E-state index in [1.54, 1.807) is 4.90 Å². The summed E-state index contributed by atoms with van der Waals surface area (Å²) in [4.78, 5) is 17.3. The van der Waals surface area contributed by atoms with Crippen molar-refractivity contribution >= 4 is 51.2 Å². The van der Waals surface area contributed by atoms with E-state index in [2.05, 4.69) is 36.2 Å². The molecule has 2 aromatic rings. The van der Waals surface area contributed by atoms with Crippen molar-refractivity contribution in [1.29, 1.82) is 0 Å². The Morgan fingerprint density at radius 3 is 2.56 bits per heavy atom. The van der Waals surface area contributed by atoms with E-state index in [-0.39, 0.29) is 5.91 Å². The molecule has 0 N–H and O–H groups in total. The highest BCUT2D eigenvalue weighted by atomic mass is 32.2. The van der Waals surface area contributed by atoms with Crippen LogP contribution in [0.5, 0.6) is 0 Å². The second kappa shape index (κ2) is 7.55. The minimum Gasteiger partial charge on any atom is -0.348 e. The molecule has 0 bridgehead atoms. The molecule has 4 rings (SSSR count). The van der Waals surface area contributed by atoms with Gasteiger partial charge in [-0.25, -0.2) is 0 Å². The highest BCUT2D eigenvalue weighted by Crippen LogP contribution is 2.36. The maximum Gasteiger partial charge on any atom is 0.270 e. The Kier molecular flexibility index (Phi) is 4.97. The fraction of sp³-hybridized carbons (Fsp3) is 0.0909. The predicted octanol–water partition coefficient (Wildman–Crippen LogP) is 5.37. The first-order chi connectivity index (χ1) is 13.2. The van der Waals surface area contributed by atoms with E-state index < -0.39 is 0 Å². The fourth-order valence-corrected chi connectivity index (χ4v) is 4.42. The maximum atomic E-state index is 12.8. The zero-order valence-electron chi connectivity index (χ0n) is 14.8. The number of hydrogen-bond acceptors (Lipinski definition) is 4. The number of thiocarbonyl (C=S) groups is 1. The summed E-state index contributed by atoms with van der Waals surface area (Å²) in [6.45, 7) is 3.04. The van der Waals surface area contributed by atoms with Crippen molar-refractivity contribution in [1.82, 2.24) is 0 Å². The van der Waals surface area contributed by atoms with E-state index >= 15 is 0 Å². The van der Waals surface area contributed by atoms with Crippen molar-refractivity contribution in [2.24, 2.45) is 0 Å². The van der Waals surface area contributed by atoms with Crippen molar-refractivity contribution in [3.63, 3.8) is 0 Å². The van der Waals surface area contributed by atoms with Gasteiger partial charge in [0.2, 0.25) is 0 Å². The molecular formula is C22H18N2OS2. The first-order valence-electron chi connectivity index (χ1n) is 8.76. The van der Waals surface area contributed by atoms with Gasteiger partial charge in [0, 0.05) is 24.0 Å². The molecule has 5 heteroatoms. The predicted molar refractivity (Wildman–Crippen MR) is 119 cm³/mol. The van der Waals surface area contributed by atoms with Crippen molar-refractivity contribution in [2.45, 2.75) is 6.92 Å². The normalized spacial score (nSPS) is 19.3. The average molecular weight is 391 g/mol. The van der Waals surface area contributed by atoms with Crippen LogP contribution in [0, 0.1) is 0 Å². The van der Waals surface area contributed by atoms with Crippen LogP contribution in [-0.4, -0.2) is 16.8 Å². The molecule has 2 aromatic carbocycles.